The van der Waals surface area contributed by atoms with Gasteiger partial charge in [-0.3, -0.25) is 0 Å². The highest BCUT2D eigenvalue weighted by Gasteiger charge is 2.12. The molecule has 2 rings (SSSR count). The van der Waals surface area contributed by atoms with Crippen LogP contribution in [0.15, 0.2) is 42.5 Å². The highest BCUT2D eigenvalue weighted by Crippen LogP contribution is 2.25. The molecule has 0 saturated carbocycles. The molecule has 2 aromatic carbocycles. The summed E-state index contributed by atoms with van der Waals surface area (Å²) in [5, 5.41) is 3.79. The largest absolute Gasteiger partial charge is 0.375 e. The van der Waals surface area contributed by atoms with Gasteiger partial charge in [0, 0.05) is 11.6 Å². The molecule has 1 unspecified atom stereocenters. The van der Waals surface area contributed by atoms with Crippen molar-refractivity contribution >= 4 is 17.3 Å². The van der Waals surface area contributed by atoms with Crippen LogP contribution in [0, 0.1) is 12.7 Å². The van der Waals surface area contributed by atoms with Crippen LogP contribution in [-0.2, 0) is 0 Å². The second kappa shape index (κ2) is 6.04. The molecule has 0 bridgehead atoms. The van der Waals surface area contributed by atoms with Crippen LogP contribution in [-0.4, -0.2) is 6.54 Å². The summed E-state index contributed by atoms with van der Waals surface area (Å²) >= 11 is 6.11. The number of rotatable bonds is 4. The molecule has 4 heteroatoms. The van der Waals surface area contributed by atoms with Gasteiger partial charge in [0.1, 0.15) is 5.82 Å². The maximum atomic E-state index is 13.6. The van der Waals surface area contributed by atoms with Gasteiger partial charge in [-0.15, -0.1) is 0 Å². The molecule has 1 atom stereocenters. The minimum absolute atomic E-state index is 0.171. The number of nitrogens with one attached hydrogen (secondary N) is 1. The van der Waals surface area contributed by atoms with Crippen molar-refractivity contribution in [2.24, 2.45) is 5.73 Å². The first-order valence-corrected chi connectivity index (χ1v) is 6.47. The first kappa shape index (κ1) is 13.8. The van der Waals surface area contributed by atoms with E-state index in [0.717, 1.165) is 11.1 Å². The molecule has 0 radical (unpaired) electrons. The number of anilines is 1. The fraction of sp³-hybridized carbons (Fsp3) is 0.200. The third-order valence-electron chi connectivity index (χ3n) is 3.04. The summed E-state index contributed by atoms with van der Waals surface area (Å²) in [6.07, 6.45) is 0. The lowest BCUT2D eigenvalue weighted by Gasteiger charge is -2.19. The van der Waals surface area contributed by atoms with E-state index in [1.54, 1.807) is 18.2 Å². The summed E-state index contributed by atoms with van der Waals surface area (Å²) in [6, 6.07) is 12.1. The maximum absolute atomic E-state index is 13.6. The molecule has 2 nitrogen and oxygen atoms in total. The van der Waals surface area contributed by atoms with Crippen LogP contribution >= 0.6 is 11.6 Å². The molecular formula is C15H16ClFN2. The molecule has 19 heavy (non-hydrogen) atoms. The molecule has 0 aromatic heterocycles. The Bertz CT molecular complexity index is 572. The van der Waals surface area contributed by atoms with Crippen LogP contribution in [0.5, 0.6) is 0 Å². The van der Waals surface area contributed by atoms with Gasteiger partial charge in [-0.2, -0.15) is 0 Å². The van der Waals surface area contributed by atoms with Gasteiger partial charge in [0.25, 0.3) is 0 Å². The van der Waals surface area contributed by atoms with Gasteiger partial charge in [0.05, 0.1) is 11.7 Å². The zero-order valence-electron chi connectivity index (χ0n) is 10.7. The van der Waals surface area contributed by atoms with Crippen LogP contribution in [0.2, 0.25) is 5.02 Å². The molecule has 0 heterocycles. The number of hydrogen-bond donors (Lipinski definition) is 2. The predicted molar refractivity (Wildman–Crippen MR) is 78.0 cm³/mol. The first-order chi connectivity index (χ1) is 9.11. The molecule has 0 spiro atoms. The first-order valence-electron chi connectivity index (χ1n) is 6.09. The predicted octanol–water partition coefficient (Wildman–Crippen LogP) is 3.90. The van der Waals surface area contributed by atoms with Crippen LogP contribution in [0.4, 0.5) is 10.1 Å². The number of nitrogens with two attached hydrogens (primary N) is 1. The summed E-state index contributed by atoms with van der Waals surface area (Å²) in [4.78, 5) is 0. The molecule has 0 aliphatic rings. The van der Waals surface area contributed by atoms with Gasteiger partial charge >= 0.3 is 0 Å². The van der Waals surface area contributed by atoms with E-state index in [9.17, 15) is 4.39 Å². The fourth-order valence-electron chi connectivity index (χ4n) is 1.87. The smallest absolute Gasteiger partial charge is 0.146 e. The van der Waals surface area contributed by atoms with Crippen molar-refractivity contribution in [1.29, 1.82) is 0 Å². The summed E-state index contributed by atoms with van der Waals surface area (Å²) in [7, 11) is 0. The Morgan fingerprint density at radius 2 is 2.00 bits per heavy atom. The van der Waals surface area contributed by atoms with Crippen molar-refractivity contribution < 1.29 is 4.39 Å². The van der Waals surface area contributed by atoms with E-state index < -0.39 is 0 Å². The number of aryl methyl sites for hydroxylation is 1. The molecule has 0 saturated heterocycles. The Labute approximate surface area is 117 Å². The monoisotopic (exact) mass is 278 g/mol. The molecule has 100 valence electrons. The molecular weight excluding hydrogens is 263 g/mol. The molecule has 3 N–H and O–H groups in total. The zero-order valence-corrected chi connectivity index (χ0v) is 11.4. The molecule has 0 aliphatic heterocycles. The van der Waals surface area contributed by atoms with Gasteiger partial charge in [-0.25, -0.2) is 4.39 Å². The minimum atomic E-state index is -0.292. The van der Waals surface area contributed by atoms with Gasteiger partial charge in [-0.05, 0) is 36.2 Å². The third kappa shape index (κ3) is 3.25. The summed E-state index contributed by atoms with van der Waals surface area (Å²) in [6.45, 7) is 2.29. The average molecular weight is 279 g/mol. The van der Waals surface area contributed by atoms with Crippen LogP contribution in [0.1, 0.15) is 17.2 Å². The van der Waals surface area contributed by atoms with Gasteiger partial charge < -0.3 is 11.1 Å². The van der Waals surface area contributed by atoms with Crippen molar-refractivity contribution in [3.63, 3.8) is 0 Å². The van der Waals surface area contributed by atoms with Crippen LogP contribution < -0.4 is 11.1 Å². The fourth-order valence-corrected chi connectivity index (χ4v) is 2.06. The molecule has 0 amide bonds. The van der Waals surface area contributed by atoms with E-state index in [1.165, 1.54) is 6.07 Å². The average Bonchev–Trinajstić information content (AvgIpc) is 2.41. The Morgan fingerprint density at radius 3 is 2.63 bits per heavy atom. The lowest BCUT2D eigenvalue weighted by atomic mass is 10.0. The van der Waals surface area contributed by atoms with Crippen molar-refractivity contribution in [3.8, 4) is 0 Å². The molecule has 2 aromatic rings. The Kier molecular flexibility index (Phi) is 4.40. The SMILES string of the molecule is Cc1ccc(C(CN)Nc2ccccc2F)cc1Cl. The normalized spacial score (nSPS) is 12.2. The number of halogens is 2. The second-order valence-corrected chi connectivity index (χ2v) is 4.83. The van der Waals surface area contributed by atoms with Crippen molar-refractivity contribution in [2.75, 3.05) is 11.9 Å². The van der Waals surface area contributed by atoms with Crippen LogP contribution in [0.25, 0.3) is 0 Å². The Morgan fingerprint density at radius 1 is 1.26 bits per heavy atom. The number of para-hydroxylation sites is 1. The van der Waals surface area contributed by atoms with Gasteiger partial charge in [0.2, 0.25) is 0 Å². The zero-order chi connectivity index (χ0) is 13.8. The van der Waals surface area contributed by atoms with Gasteiger partial charge in [-0.1, -0.05) is 35.9 Å². The topological polar surface area (TPSA) is 38.0 Å². The van der Waals surface area contributed by atoms with E-state index in [-0.39, 0.29) is 11.9 Å². The summed E-state index contributed by atoms with van der Waals surface area (Å²) in [5.74, 6) is -0.292. The lowest BCUT2D eigenvalue weighted by Crippen LogP contribution is -2.21. The highest BCUT2D eigenvalue weighted by atomic mass is 35.5. The van der Waals surface area contributed by atoms with Gasteiger partial charge in [0.15, 0.2) is 0 Å². The minimum Gasteiger partial charge on any atom is -0.375 e. The van der Waals surface area contributed by atoms with E-state index in [1.807, 2.05) is 25.1 Å². The summed E-state index contributed by atoms with van der Waals surface area (Å²) in [5.41, 5.74) is 8.15. The van der Waals surface area contributed by atoms with E-state index in [0.29, 0.717) is 17.3 Å². The van der Waals surface area contributed by atoms with Crippen molar-refractivity contribution in [1.82, 2.24) is 0 Å². The Balaban J connectivity index is 2.25. The van der Waals surface area contributed by atoms with E-state index >= 15 is 0 Å². The highest BCUT2D eigenvalue weighted by molar-refractivity contribution is 6.31. The van der Waals surface area contributed by atoms with E-state index in [4.69, 9.17) is 17.3 Å². The standard InChI is InChI=1S/C15H16ClFN2/c1-10-6-7-11(8-12(10)16)15(9-18)19-14-5-3-2-4-13(14)17/h2-8,15,19H,9,18H2,1H3. The van der Waals surface area contributed by atoms with E-state index in [2.05, 4.69) is 5.32 Å². The van der Waals surface area contributed by atoms with Crippen molar-refractivity contribution in [2.45, 2.75) is 13.0 Å². The van der Waals surface area contributed by atoms with Crippen molar-refractivity contribution in [3.05, 3.63) is 64.4 Å². The third-order valence-corrected chi connectivity index (χ3v) is 3.44. The lowest BCUT2D eigenvalue weighted by molar-refractivity contribution is 0.626. The van der Waals surface area contributed by atoms with Crippen LogP contribution in [0.3, 0.4) is 0 Å². The number of hydrogen-bond acceptors (Lipinski definition) is 2. The quantitative estimate of drug-likeness (QED) is 0.890. The second-order valence-electron chi connectivity index (χ2n) is 4.42. The summed E-state index contributed by atoms with van der Waals surface area (Å²) < 4.78 is 13.6. The maximum Gasteiger partial charge on any atom is 0.146 e. The number of benzene rings is 2. The Hall–Kier alpha value is -1.58. The molecule has 0 aliphatic carbocycles. The molecule has 0 fully saturated rings.